The number of rotatable bonds is 7. The van der Waals surface area contributed by atoms with E-state index >= 15 is 0 Å². The lowest BCUT2D eigenvalue weighted by atomic mass is 9.98. The fraction of sp³-hybridized carbons (Fsp3) is 0. The van der Waals surface area contributed by atoms with Crippen LogP contribution in [0.1, 0.15) is 11.1 Å². The summed E-state index contributed by atoms with van der Waals surface area (Å²) in [6, 6.07) is 75.8. The van der Waals surface area contributed by atoms with E-state index in [-0.39, 0.29) is 0 Å². The Bertz CT molecular complexity index is 3740. The highest BCUT2D eigenvalue weighted by atomic mass is 15.0. The van der Waals surface area contributed by atoms with E-state index in [1.165, 1.54) is 0 Å². The van der Waals surface area contributed by atoms with Gasteiger partial charge in [0.15, 0.2) is 0 Å². The van der Waals surface area contributed by atoms with Crippen LogP contribution >= 0.6 is 0 Å². The Morgan fingerprint density at radius 2 is 0.758 bits per heavy atom. The number of fused-ring (bicyclic) bond motifs is 6. The maximum Gasteiger partial charge on any atom is 0.104 e. The molecule has 12 aromatic rings. The molecule has 0 radical (unpaired) electrons. The molecule has 0 N–H and O–H groups in total. The zero-order valence-electron chi connectivity index (χ0n) is 35.5. The first kappa shape index (κ1) is 38.3. The SMILES string of the molecule is N#Cc1cccc(-c2cc(-n3c4ccccc4c4cc(-c5ccnc(-c6ccccc6)c5)ccc43)c(C#N)c(-n3c4ccccc4c4cc(-c5ccnc(-c6ccccc6)c5)ccc43)c2)c1. The molecule has 0 aliphatic carbocycles. The Hall–Kier alpha value is -9.36. The van der Waals surface area contributed by atoms with E-state index < -0.39 is 0 Å². The van der Waals surface area contributed by atoms with Crippen molar-refractivity contribution in [2.45, 2.75) is 0 Å². The Labute approximate surface area is 380 Å². The van der Waals surface area contributed by atoms with Crippen LogP contribution in [0.25, 0.3) is 111 Å². The molecule has 0 amide bonds. The summed E-state index contributed by atoms with van der Waals surface area (Å²) in [5.74, 6) is 0. The normalized spacial score (nSPS) is 11.3. The molecular weight excluding hydrogens is 805 g/mol. The van der Waals surface area contributed by atoms with Crippen LogP contribution in [0.15, 0.2) is 219 Å². The van der Waals surface area contributed by atoms with E-state index in [2.05, 4.69) is 167 Å². The molecule has 0 aliphatic rings. The Kier molecular flexibility index (Phi) is 9.16. The molecule has 4 aromatic heterocycles. The third kappa shape index (κ3) is 6.41. The van der Waals surface area contributed by atoms with Gasteiger partial charge in [0.05, 0.1) is 56.5 Å². The van der Waals surface area contributed by atoms with Crippen LogP contribution in [-0.2, 0) is 0 Å². The highest BCUT2D eigenvalue weighted by Crippen LogP contribution is 2.42. The zero-order valence-corrected chi connectivity index (χ0v) is 35.5. The second kappa shape index (κ2) is 15.8. The lowest BCUT2D eigenvalue weighted by molar-refractivity contribution is 1.12. The Morgan fingerprint density at radius 1 is 0.318 bits per heavy atom. The van der Waals surface area contributed by atoms with Crippen molar-refractivity contribution in [1.29, 1.82) is 10.5 Å². The van der Waals surface area contributed by atoms with Crippen molar-refractivity contribution >= 4 is 43.6 Å². The molecule has 0 saturated heterocycles. The first-order valence-electron chi connectivity index (χ1n) is 21.8. The van der Waals surface area contributed by atoms with Crippen molar-refractivity contribution in [2.75, 3.05) is 0 Å². The fourth-order valence-corrected chi connectivity index (χ4v) is 9.59. The predicted molar refractivity (Wildman–Crippen MR) is 267 cm³/mol. The predicted octanol–water partition coefficient (Wildman–Crippen LogP) is 14.7. The van der Waals surface area contributed by atoms with Gasteiger partial charge in [-0.2, -0.15) is 10.5 Å². The summed E-state index contributed by atoms with van der Waals surface area (Å²) >= 11 is 0. The van der Waals surface area contributed by atoms with E-state index in [9.17, 15) is 10.5 Å². The fourth-order valence-electron chi connectivity index (χ4n) is 9.59. The quantitative estimate of drug-likeness (QED) is 0.160. The lowest BCUT2D eigenvalue weighted by Crippen LogP contribution is -2.05. The first-order valence-corrected chi connectivity index (χ1v) is 21.8. The summed E-state index contributed by atoms with van der Waals surface area (Å²) in [6.07, 6.45) is 3.74. The minimum absolute atomic E-state index is 0.525. The van der Waals surface area contributed by atoms with Crippen molar-refractivity contribution < 1.29 is 0 Å². The number of pyridine rings is 2. The van der Waals surface area contributed by atoms with Crippen LogP contribution in [0.3, 0.4) is 0 Å². The van der Waals surface area contributed by atoms with Crippen molar-refractivity contribution in [3.05, 3.63) is 230 Å². The second-order valence-corrected chi connectivity index (χ2v) is 16.5. The van der Waals surface area contributed by atoms with E-state index in [0.717, 1.165) is 111 Å². The van der Waals surface area contributed by atoms with Gasteiger partial charge in [-0.25, -0.2) is 0 Å². The van der Waals surface area contributed by atoms with Crippen molar-refractivity contribution in [1.82, 2.24) is 19.1 Å². The zero-order chi connectivity index (χ0) is 44.1. The number of aromatic nitrogens is 4. The summed E-state index contributed by atoms with van der Waals surface area (Å²) < 4.78 is 4.46. The van der Waals surface area contributed by atoms with E-state index in [4.69, 9.17) is 9.97 Å². The summed E-state index contributed by atoms with van der Waals surface area (Å²) in [4.78, 5) is 9.39. The van der Waals surface area contributed by atoms with Gasteiger partial charge in [0.1, 0.15) is 11.6 Å². The molecule has 4 heterocycles. The third-order valence-electron chi connectivity index (χ3n) is 12.7. The van der Waals surface area contributed by atoms with E-state index in [0.29, 0.717) is 11.1 Å². The molecule has 0 atom stereocenters. The Balaban J connectivity index is 1.09. The number of benzene rings is 8. The molecule has 12 rings (SSSR count). The molecule has 6 nitrogen and oxygen atoms in total. The van der Waals surface area contributed by atoms with Crippen LogP contribution in [0.4, 0.5) is 0 Å². The molecule has 0 unspecified atom stereocenters. The average Bonchev–Trinajstić information content (AvgIpc) is 3.91. The molecule has 306 valence electrons. The molecule has 0 aliphatic heterocycles. The molecule has 8 aromatic carbocycles. The number of para-hydroxylation sites is 2. The van der Waals surface area contributed by atoms with E-state index in [1.54, 1.807) is 0 Å². The lowest BCUT2D eigenvalue weighted by Gasteiger charge is -2.18. The number of nitrogens with zero attached hydrogens (tertiary/aromatic N) is 6. The van der Waals surface area contributed by atoms with Gasteiger partial charge in [-0.3, -0.25) is 9.97 Å². The second-order valence-electron chi connectivity index (χ2n) is 16.5. The summed E-state index contributed by atoms with van der Waals surface area (Å²) in [5.41, 5.74) is 16.5. The summed E-state index contributed by atoms with van der Waals surface area (Å²) in [6.45, 7) is 0. The molecule has 6 heteroatoms. The summed E-state index contributed by atoms with van der Waals surface area (Å²) in [5, 5.41) is 25.8. The van der Waals surface area contributed by atoms with Crippen LogP contribution in [0, 0.1) is 22.7 Å². The summed E-state index contributed by atoms with van der Waals surface area (Å²) in [7, 11) is 0. The maximum absolute atomic E-state index is 11.5. The van der Waals surface area contributed by atoms with Crippen LogP contribution < -0.4 is 0 Å². The molecule has 0 saturated carbocycles. The maximum atomic E-state index is 11.5. The van der Waals surface area contributed by atoms with E-state index in [1.807, 2.05) is 73.1 Å². The van der Waals surface area contributed by atoms with Crippen LogP contribution in [0.2, 0.25) is 0 Å². The highest BCUT2D eigenvalue weighted by molar-refractivity contribution is 6.12. The van der Waals surface area contributed by atoms with Gasteiger partial charge >= 0.3 is 0 Å². The molecule has 0 bridgehead atoms. The van der Waals surface area contributed by atoms with Gasteiger partial charge in [0, 0.05) is 45.1 Å². The van der Waals surface area contributed by atoms with Gasteiger partial charge in [-0.05, 0) is 118 Å². The van der Waals surface area contributed by atoms with Crippen molar-refractivity contribution in [3.8, 4) is 79.4 Å². The number of hydrogen-bond donors (Lipinski definition) is 0. The van der Waals surface area contributed by atoms with Gasteiger partial charge in [-0.1, -0.05) is 121 Å². The van der Waals surface area contributed by atoms with Gasteiger partial charge in [0.25, 0.3) is 0 Å². The molecule has 0 fully saturated rings. The number of hydrogen-bond acceptors (Lipinski definition) is 4. The minimum atomic E-state index is 0.525. The van der Waals surface area contributed by atoms with Crippen molar-refractivity contribution in [3.63, 3.8) is 0 Å². The van der Waals surface area contributed by atoms with Crippen LogP contribution in [-0.4, -0.2) is 19.1 Å². The van der Waals surface area contributed by atoms with Crippen molar-refractivity contribution in [2.24, 2.45) is 0 Å². The van der Waals surface area contributed by atoms with Gasteiger partial charge in [0.2, 0.25) is 0 Å². The van der Waals surface area contributed by atoms with Gasteiger partial charge < -0.3 is 9.13 Å². The average molecular weight is 841 g/mol. The molecule has 0 spiro atoms. The third-order valence-corrected chi connectivity index (χ3v) is 12.7. The highest BCUT2D eigenvalue weighted by Gasteiger charge is 2.23. The smallest absolute Gasteiger partial charge is 0.104 e. The Morgan fingerprint density at radius 3 is 1.26 bits per heavy atom. The standard InChI is InChI=1S/C60H36N6/c61-37-39-12-11-17-42(30-39)47-35-59(65-55-20-9-7-18-48(55)50-31-43(22-24-57(50)65)45-26-28-63-53(33-45)40-13-3-1-4-14-40)52(38-62)60(36-47)66-56-21-10-8-19-49(56)51-32-44(23-25-58(51)66)46-27-29-64-54(34-46)41-15-5-2-6-16-41/h1-36H. The minimum Gasteiger partial charge on any atom is -0.308 e. The topological polar surface area (TPSA) is 83.2 Å². The first-order chi connectivity index (χ1) is 32.6. The molecule has 66 heavy (non-hydrogen) atoms. The van der Waals surface area contributed by atoms with Crippen LogP contribution in [0.5, 0.6) is 0 Å². The molecular formula is C60H36N6. The monoisotopic (exact) mass is 840 g/mol. The van der Waals surface area contributed by atoms with Gasteiger partial charge in [-0.15, -0.1) is 0 Å². The largest absolute Gasteiger partial charge is 0.308 e. The number of nitriles is 2.